The lowest BCUT2D eigenvalue weighted by Gasteiger charge is -2.29. The van der Waals surface area contributed by atoms with E-state index in [-0.39, 0.29) is 18.7 Å². The van der Waals surface area contributed by atoms with Crippen LogP contribution in [0.15, 0.2) is 12.7 Å². The van der Waals surface area contributed by atoms with Crippen molar-refractivity contribution in [3.63, 3.8) is 0 Å². The summed E-state index contributed by atoms with van der Waals surface area (Å²) in [6.45, 7) is 0. The van der Waals surface area contributed by atoms with Crippen molar-refractivity contribution in [2.24, 2.45) is 5.41 Å². The third-order valence-electron chi connectivity index (χ3n) is 5.59. The number of anilines is 1. The van der Waals surface area contributed by atoms with Crippen LogP contribution in [0.4, 0.5) is 5.82 Å². The van der Waals surface area contributed by atoms with Crippen LogP contribution >= 0.6 is 26.1 Å². The van der Waals surface area contributed by atoms with Crippen molar-refractivity contribution in [1.29, 1.82) is 0 Å². The Morgan fingerprint density at radius 3 is 2.39 bits per heavy atom. The van der Waals surface area contributed by atoms with Crippen LogP contribution in [0.1, 0.15) is 12.8 Å². The number of nitrogens with two attached hydrogens (primary N) is 1. The first-order valence-corrected chi connectivity index (χ1v) is 10.3. The standard InChI is InChI=1S/C12H15N5O8P3/c13-8-6-9(15-3-14-8)17(4-16-6)10-1-5(18)7(19)11(10,2-10)12(23-26-20,24-27-21)25-28-22/h3-5,7,18-19,26-28H,1-2H2,(H2,13,14,15)/q+3. The molecule has 0 radical (unpaired) electrons. The van der Waals surface area contributed by atoms with Gasteiger partial charge < -0.3 is 20.5 Å². The minimum absolute atomic E-state index is 0.00668. The molecule has 4 rings (SSSR count). The Balaban J connectivity index is 1.94. The number of imidazole rings is 1. The van der Waals surface area contributed by atoms with E-state index < -0.39 is 55.2 Å². The fraction of sp³-hybridized carbons (Fsp3) is 0.583. The highest BCUT2D eigenvalue weighted by molar-refractivity contribution is 7.19. The van der Waals surface area contributed by atoms with Crippen molar-refractivity contribution in [2.45, 2.75) is 36.6 Å². The molecule has 2 saturated carbocycles. The van der Waals surface area contributed by atoms with Crippen LogP contribution < -0.4 is 5.73 Å². The lowest BCUT2D eigenvalue weighted by molar-refractivity contribution is -0.306. The van der Waals surface area contributed by atoms with Crippen LogP contribution in [0.5, 0.6) is 0 Å². The fourth-order valence-electron chi connectivity index (χ4n) is 4.48. The van der Waals surface area contributed by atoms with Gasteiger partial charge in [0.2, 0.25) is 0 Å². The highest BCUT2D eigenvalue weighted by Crippen LogP contribution is 2.78. The van der Waals surface area contributed by atoms with E-state index in [4.69, 9.17) is 19.3 Å². The molecule has 7 atom stereocenters. The molecule has 0 aliphatic heterocycles. The third-order valence-corrected chi connectivity index (χ3v) is 6.65. The van der Waals surface area contributed by atoms with Gasteiger partial charge in [0.1, 0.15) is 17.3 Å². The second-order valence-electron chi connectivity index (χ2n) is 6.55. The van der Waals surface area contributed by atoms with Crippen molar-refractivity contribution < 1.29 is 37.5 Å². The van der Waals surface area contributed by atoms with Gasteiger partial charge in [-0.3, -0.25) is 0 Å². The first-order chi connectivity index (χ1) is 13.4. The normalized spacial score (nSPS) is 34.1. The molecule has 0 amide bonds. The number of aromatic nitrogens is 4. The number of aliphatic hydroxyl groups excluding tert-OH is 2. The Morgan fingerprint density at radius 2 is 1.79 bits per heavy atom. The Kier molecular flexibility index (Phi) is 4.77. The second kappa shape index (κ2) is 6.76. The molecule has 2 aromatic rings. The summed E-state index contributed by atoms with van der Waals surface area (Å²) in [7, 11) is -4.37. The van der Waals surface area contributed by atoms with Gasteiger partial charge in [-0.1, -0.05) is 13.6 Å². The fourth-order valence-corrected chi connectivity index (χ4v) is 5.85. The quantitative estimate of drug-likeness (QED) is 0.365. The average molecular weight is 450 g/mol. The molecule has 0 saturated heterocycles. The van der Waals surface area contributed by atoms with Crippen LogP contribution in [0, 0.1) is 5.41 Å². The Hall–Kier alpha value is -1.55. The SMILES string of the molecule is Nc1ncnc2c1ncn2C12CC(O)C(O)C1(C(O[PH+]=O)(O[PH+]=O)O[PH+]=O)C2. The van der Waals surface area contributed by atoms with Gasteiger partial charge in [-0.15, -0.1) is 0 Å². The maximum Gasteiger partial charge on any atom is 0.500 e. The van der Waals surface area contributed by atoms with Crippen LogP contribution in [-0.4, -0.2) is 47.9 Å². The van der Waals surface area contributed by atoms with Crippen molar-refractivity contribution >= 4 is 43.0 Å². The van der Waals surface area contributed by atoms with Crippen LogP contribution in [0.25, 0.3) is 11.2 Å². The van der Waals surface area contributed by atoms with E-state index in [0.29, 0.717) is 11.2 Å². The van der Waals surface area contributed by atoms with Gasteiger partial charge >= 0.3 is 32.0 Å². The molecule has 28 heavy (non-hydrogen) atoms. The predicted octanol–water partition coefficient (Wildman–Crippen LogP) is 0.140. The zero-order valence-corrected chi connectivity index (χ0v) is 16.9. The first-order valence-electron chi connectivity index (χ1n) is 7.88. The van der Waals surface area contributed by atoms with Crippen molar-refractivity contribution in [1.82, 2.24) is 19.5 Å². The molecule has 0 aromatic carbocycles. The zero-order valence-electron chi connectivity index (χ0n) is 13.9. The van der Waals surface area contributed by atoms with Gasteiger partial charge in [0, 0.05) is 6.42 Å². The number of hydrogen-bond acceptors (Lipinski definition) is 12. The molecule has 0 bridgehead atoms. The number of fused-ring (bicyclic) bond motifs is 2. The zero-order chi connectivity index (χ0) is 20.2. The molecule has 148 valence electrons. The summed E-state index contributed by atoms with van der Waals surface area (Å²) in [5.41, 5.74) is 3.69. The highest BCUT2D eigenvalue weighted by atomic mass is 31.1. The van der Waals surface area contributed by atoms with Gasteiger partial charge in [-0.05, 0) is 20.1 Å². The van der Waals surface area contributed by atoms with E-state index in [1.165, 1.54) is 12.7 Å². The van der Waals surface area contributed by atoms with Crippen LogP contribution in [-0.2, 0) is 32.8 Å². The molecule has 2 fully saturated rings. The average Bonchev–Trinajstić information content (AvgIpc) is 3.02. The van der Waals surface area contributed by atoms with E-state index in [0.717, 1.165) is 0 Å². The Labute approximate surface area is 161 Å². The molecule has 2 heterocycles. The molecule has 13 nitrogen and oxygen atoms in total. The largest absolute Gasteiger partial charge is 0.500 e. The summed E-state index contributed by atoms with van der Waals surface area (Å²) in [4.78, 5) is 12.2. The molecule has 7 unspecified atom stereocenters. The number of hydrogen-bond donors (Lipinski definition) is 3. The molecule has 2 aliphatic rings. The minimum atomic E-state index is -2.40. The summed E-state index contributed by atoms with van der Waals surface area (Å²) >= 11 is 0. The molecule has 16 heteroatoms. The molecular weight excluding hydrogens is 435 g/mol. The van der Waals surface area contributed by atoms with Gasteiger partial charge in [0.25, 0.3) is 0 Å². The van der Waals surface area contributed by atoms with Crippen molar-refractivity contribution in [3.05, 3.63) is 12.7 Å². The summed E-state index contributed by atoms with van der Waals surface area (Å²) in [5.74, 6) is -2.27. The van der Waals surface area contributed by atoms with Gasteiger partial charge in [-0.2, -0.15) is 0 Å². The topological polar surface area (TPSA) is 189 Å². The molecule has 4 N–H and O–H groups in total. The first kappa shape index (κ1) is 19.8. The van der Waals surface area contributed by atoms with Gasteiger partial charge in [0.15, 0.2) is 11.5 Å². The Bertz CT molecular complexity index is 949. The lowest BCUT2D eigenvalue weighted by Crippen LogP contribution is -2.51. The smallest absolute Gasteiger partial charge is 0.390 e. The number of nitrogen functional groups attached to an aromatic ring is 1. The van der Waals surface area contributed by atoms with Crippen LogP contribution in [0.3, 0.4) is 0 Å². The monoisotopic (exact) mass is 450 g/mol. The molecule has 2 aromatic heterocycles. The maximum absolute atomic E-state index is 11.3. The van der Waals surface area contributed by atoms with E-state index in [1.807, 2.05) is 0 Å². The summed E-state index contributed by atoms with van der Waals surface area (Å²) < 4.78 is 50.7. The second-order valence-corrected chi connectivity index (χ2v) is 7.67. The number of aliphatic hydroxyl groups is 2. The van der Waals surface area contributed by atoms with Gasteiger partial charge in [-0.25, -0.2) is 15.0 Å². The highest BCUT2D eigenvalue weighted by Gasteiger charge is 2.92. The Morgan fingerprint density at radius 1 is 1.14 bits per heavy atom. The van der Waals surface area contributed by atoms with Crippen molar-refractivity contribution in [2.75, 3.05) is 5.73 Å². The van der Waals surface area contributed by atoms with Crippen molar-refractivity contribution in [3.8, 4) is 0 Å². The predicted molar refractivity (Wildman–Crippen MR) is 94.4 cm³/mol. The van der Waals surface area contributed by atoms with E-state index in [9.17, 15) is 23.9 Å². The van der Waals surface area contributed by atoms with Gasteiger partial charge in [0.05, 0.1) is 24.1 Å². The maximum atomic E-state index is 11.3. The minimum Gasteiger partial charge on any atom is -0.390 e. The molecular formula is C12H15N5O8P3+3. The third kappa shape index (κ3) is 2.30. The van der Waals surface area contributed by atoms with E-state index in [1.54, 1.807) is 4.57 Å². The number of rotatable bonds is 8. The molecule has 0 spiro atoms. The van der Waals surface area contributed by atoms with E-state index >= 15 is 0 Å². The summed E-state index contributed by atoms with van der Waals surface area (Å²) in [5, 5.41) is 21.2. The lowest BCUT2D eigenvalue weighted by atomic mass is 9.95. The number of nitrogens with zero attached hydrogens (tertiary/aromatic N) is 4. The molecule has 2 aliphatic carbocycles. The summed E-state index contributed by atoms with van der Waals surface area (Å²) in [6.07, 6.45) is -0.0774. The van der Waals surface area contributed by atoms with Crippen LogP contribution in [0.2, 0.25) is 0 Å². The summed E-state index contributed by atoms with van der Waals surface area (Å²) in [6, 6.07) is 0. The van der Waals surface area contributed by atoms with E-state index in [2.05, 4.69) is 15.0 Å².